The van der Waals surface area contributed by atoms with Crippen LogP contribution in [0.1, 0.15) is 39.0 Å². The molecule has 1 rings (SSSR count). The smallest absolute Gasteiger partial charge is 0.330 e. The monoisotopic (exact) mass is 260 g/mol. The molecule has 1 aliphatic carbocycles. The molecule has 1 unspecified atom stereocenters. The zero-order valence-corrected chi connectivity index (χ0v) is 11.0. The van der Waals surface area contributed by atoms with E-state index in [1.807, 2.05) is 0 Å². The topological polar surface area (TPSA) is 63.6 Å². The van der Waals surface area contributed by atoms with Crippen molar-refractivity contribution < 1.29 is 19.4 Å². The number of rotatable bonds is 6. The molecule has 4 nitrogen and oxygen atoms in total. The first kappa shape index (κ1) is 14.4. The van der Waals surface area contributed by atoms with Crippen molar-refractivity contribution in [2.45, 2.75) is 44.3 Å². The molecule has 0 amide bonds. The van der Waals surface area contributed by atoms with E-state index in [0.29, 0.717) is 5.92 Å². The Bertz CT molecular complexity index is 261. The van der Waals surface area contributed by atoms with Gasteiger partial charge in [0.1, 0.15) is 0 Å². The highest BCUT2D eigenvalue weighted by molar-refractivity contribution is 8.01. The van der Waals surface area contributed by atoms with Gasteiger partial charge in [0.2, 0.25) is 0 Å². The van der Waals surface area contributed by atoms with Crippen LogP contribution in [0.5, 0.6) is 0 Å². The Morgan fingerprint density at radius 2 is 2.00 bits per heavy atom. The summed E-state index contributed by atoms with van der Waals surface area (Å²) in [5, 5.41) is 7.92. The zero-order valence-electron chi connectivity index (χ0n) is 10.2. The van der Waals surface area contributed by atoms with Crippen LogP contribution < -0.4 is 0 Å². The molecule has 1 fully saturated rings. The third kappa shape index (κ3) is 4.98. The highest BCUT2D eigenvalue weighted by Crippen LogP contribution is 2.28. The van der Waals surface area contributed by atoms with Crippen LogP contribution >= 0.6 is 11.8 Å². The zero-order chi connectivity index (χ0) is 12.7. The maximum atomic E-state index is 11.4. The average molecular weight is 260 g/mol. The Morgan fingerprint density at radius 3 is 2.53 bits per heavy atom. The lowest BCUT2D eigenvalue weighted by Gasteiger charge is -2.22. The SMILES string of the molecule is CCOC(=O)C(SCC1CCCCC1)C(=O)O. The van der Waals surface area contributed by atoms with Gasteiger partial charge in [-0.05, 0) is 31.4 Å². The summed E-state index contributed by atoms with van der Waals surface area (Å²) in [6.45, 7) is 1.91. The number of ether oxygens (including phenoxy) is 1. The van der Waals surface area contributed by atoms with Gasteiger partial charge in [-0.2, -0.15) is 0 Å². The summed E-state index contributed by atoms with van der Waals surface area (Å²) in [7, 11) is 0. The number of hydrogen-bond donors (Lipinski definition) is 1. The van der Waals surface area contributed by atoms with Gasteiger partial charge in [0.15, 0.2) is 5.25 Å². The molecule has 0 aliphatic heterocycles. The van der Waals surface area contributed by atoms with Gasteiger partial charge in [0.05, 0.1) is 6.61 Å². The fraction of sp³-hybridized carbons (Fsp3) is 0.833. The molecular formula is C12H20O4S. The van der Waals surface area contributed by atoms with Crippen LogP contribution in [0.4, 0.5) is 0 Å². The van der Waals surface area contributed by atoms with Gasteiger partial charge in [-0.3, -0.25) is 9.59 Å². The first-order chi connectivity index (χ1) is 8.15. The van der Waals surface area contributed by atoms with E-state index in [1.54, 1.807) is 6.92 Å². The van der Waals surface area contributed by atoms with Crippen LogP contribution in [0, 0.1) is 5.92 Å². The minimum absolute atomic E-state index is 0.229. The Kier molecular flexibility index (Phi) is 6.40. The van der Waals surface area contributed by atoms with Crippen LogP contribution in [-0.2, 0) is 14.3 Å². The fourth-order valence-corrected chi connectivity index (χ4v) is 3.19. The summed E-state index contributed by atoms with van der Waals surface area (Å²) < 4.78 is 4.76. The van der Waals surface area contributed by atoms with E-state index in [0.717, 1.165) is 18.6 Å². The fourth-order valence-electron chi connectivity index (χ4n) is 2.04. The van der Waals surface area contributed by atoms with Gasteiger partial charge in [0, 0.05) is 0 Å². The molecule has 0 spiro atoms. The molecule has 5 heteroatoms. The van der Waals surface area contributed by atoms with Crippen molar-refractivity contribution in [3.63, 3.8) is 0 Å². The number of esters is 1. The number of carbonyl (C=O) groups excluding carboxylic acids is 1. The van der Waals surface area contributed by atoms with Crippen molar-refractivity contribution in [3.8, 4) is 0 Å². The van der Waals surface area contributed by atoms with E-state index < -0.39 is 17.2 Å². The van der Waals surface area contributed by atoms with E-state index in [9.17, 15) is 9.59 Å². The van der Waals surface area contributed by atoms with Gasteiger partial charge in [0.25, 0.3) is 0 Å². The predicted molar refractivity (Wildman–Crippen MR) is 67.1 cm³/mol. The van der Waals surface area contributed by atoms with Crippen molar-refractivity contribution in [2.75, 3.05) is 12.4 Å². The van der Waals surface area contributed by atoms with Crippen molar-refractivity contribution >= 4 is 23.7 Å². The van der Waals surface area contributed by atoms with Gasteiger partial charge in [-0.1, -0.05) is 19.3 Å². The van der Waals surface area contributed by atoms with Crippen LogP contribution in [0.15, 0.2) is 0 Å². The van der Waals surface area contributed by atoms with E-state index in [-0.39, 0.29) is 6.61 Å². The first-order valence-electron chi connectivity index (χ1n) is 6.16. The molecule has 98 valence electrons. The van der Waals surface area contributed by atoms with E-state index in [1.165, 1.54) is 31.0 Å². The summed E-state index contributed by atoms with van der Waals surface area (Å²) in [5.74, 6) is -0.412. The van der Waals surface area contributed by atoms with Crippen molar-refractivity contribution in [1.82, 2.24) is 0 Å². The molecule has 1 aliphatic rings. The standard InChI is InChI=1S/C12H20O4S/c1-2-16-12(15)10(11(13)14)17-8-9-6-4-3-5-7-9/h9-10H,2-8H2,1H3,(H,13,14). The number of thioether (sulfide) groups is 1. The summed E-state index contributed by atoms with van der Waals surface area (Å²) in [6.07, 6.45) is 6.04. The molecule has 0 saturated heterocycles. The minimum Gasteiger partial charge on any atom is -0.480 e. The molecule has 1 N–H and O–H groups in total. The van der Waals surface area contributed by atoms with E-state index in [4.69, 9.17) is 9.84 Å². The highest BCUT2D eigenvalue weighted by atomic mass is 32.2. The quantitative estimate of drug-likeness (QED) is 0.586. The second kappa shape index (κ2) is 7.58. The number of aliphatic carboxylic acids is 1. The molecule has 0 aromatic heterocycles. The molecule has 0 aromatic carbocycles. The maximum absolute atomic E-state index is 11.4. The molecule has 0 radical (unpaired) electrons. The number of carboxylic acid groups (broad SMARTS) is 1. The highest BCUT2D eigenvalue weighted by Gasteiger charge is 2.29. The summed E-state index contributed by atoms with van der Waals surface area (Å²) in [6, 6.07) is 0. The van der Waals surface area contributed by atoms with Gasteiger partial charge in [-0.25, -0.2) is 0 Å². The van der Waals surface area contributed by atoms with Crippen molar-refractivity contribution in [1.29, 1.82) is 0 Å². The van der Waals surface area contributed by atoms with Gasteiger partial charge < -0.3 is 9.84 Å². The molecule has 0 bridgehead atoms. The molecule has 1 atom stereocenters. The van der Waals surface area contributed by atoms with Crippen LogP contribution in [0.2, 0.25) is 0 Å². The molecule has 17 heavy (non-hydrogen) atoms. The predicted octanol–water partition coefficient (Wildman–Crippen LogP) is 2.32. The Morgan fingerprint density at radius 1 is 1.35 bits per heavy atom. The Labute approximate surface area is 106 Å². The normalized spacial score (nSPS) is 18.6. The van der Waals surface area contributed by atoms with Gasteiger partial charge >= 0.3 is 11.9 Å². The molecule has 0 heterocycles. The molecule has 0 aromatic rings. The van der Waals surface area contributed by atoms with Crippen LogP contribution in [0.3, 0.4) is 0 Å². The summed E-state index contributed by atoms with van der Waals surface area (Å²) in [4.78, 5) is 22.4. The van der Waals surface area contributed by atoms with Crippen molar-refractivity contribution in [2.24, 2.45) is 5.92 Å². The van der Waals surface area contributed by atoms with E-state index >= 15 is 0 Å². The molecular weight excluding hydrogens is 240 g/mol. The van der Waals surface area contributed by atoms with E-state index in [2.05, 4.69) is 0 Å². The Balaban J connectivity index is 2.38. The maximum Gasteiger partial charge on any atom is 0.330 e. The second-order valence-corrected chi connectivity index (χ2v) is 5.45. The third-order valence-electron chi connectivity index (χ3n) is 2.95. The van der Waals surface area contributed by atoms with Gasteiger partial charge in [-0.15, -0.1) is 11.8 Å². The lowest BCUT2D eigenvalue weighted by molar-refractivity contribution is -0.149. The van der Waals surface area contributed by atoms with Crippen LogP contribution in [0.25, 0.3) is 0 Å². The summed E-state index contributed by atoms with van der Waals surface area (Å²) >= 11 is 1.21. The lowest BCUT2D eigenvalue weighted by Crippen LogP contribution is -2.30. The third-order valence-corrected chi connectivity index (χ3v) is 4.34. The lowest BCUT2D eigenvalue weighted by atomic mass is 9.91. The number of hydrogen-bond acceptors (Lipinski definition) is 4. The van der Waals surface area contributed by atoms with Crippen molar-refractivity contribution in [3.05, 3.63) is 0 Å². The first-order valence-corrected chi connectivity index (χ1v) is 7.21. The molecule has 1 saturated carbocycles. The minimum atomic E-state index is -1.09. The Hall–Kier alpha value is -0.710. The largest absolute Gasteiger partial charge is 0.480 e. The number of carboxylic acids is 1. The van der Waals surface area contributed by atoms with Crippen LogP contribution in [-0.4, -0.2) is 34.7 Å². The second-order valence-electron chi connectivity index (χ2n) is 4.31. The summed E-state index contributed by atoms with van der Waals surface area (Å²) in [5.41, 5.74) is 0. The average Bonchev–Trinajstić information content (AvgIpc) is 2.30. The number of carbonyl (C=O) groups is 2.